The number of ketones is 1. The average Bonchev–Trinajstić information content (AvgIpc) is 3.32. The molecule has 0 aliphatic rings. The number of amides is 2. The van der Waals surface area contributed by atoms with Crippen LogP contribution >= 0.6 is 11.3 Å². The van der Waals surface area contributed by atoms with Gasteiger partial charge in [0.15, 0.2) is 11.7 Å². The summed E-state index contributed by atoms with van der Waals surface area (Å²) < 4.78 is 7.18. The molecule has 0 saturated carbocycles. The molecule has 0 unspecified atom stereocenters. The van der Waals surface area contributed by atoms with Gasteiger partial charge in [0, 0.05) is 34.9 Å². The van der Waals surface area contributed by atoms with Crippen molar-refractivity contribution in [2.75, 3.05) is 6.61 Å². The van der Waals surface area contributed by atoms with Gasteiger partial charge in [-0.15, -0.1) is 11.3 Å². The highest BCUT2D eigenvalue weighted by Gasteiger charge is 2.20. The molecule has 8 nitrogen and oxygen atoms in total. The minimum atomic E-state index is -0.579. The summed E-state index contributed by atoms with van der Waals surface area (Å²) in [7, 11) is 0. The van der Waals surface area contributed by atoms with Crippen molar-refractivity contribution in [3.8, 4) is 5.13 Å². The lowest BCUT2D eigenvalue weighted by molar-refractivity contribution is 0.0474. The molecule has 0 aliphatic heterocycles. The van der Waals surface area contributed by atoms with Gasteiger partial charge in [0.05, 0.1) is 11.3 Å². The molecule has 0 atom stereocenters. The van der Waals surface area contributed by atoms with E-state index in [1.807, 2.05) is 44.6 Å². The minimum absolute atomic E-state index is 0.0488. The number of rotatable bonds is 8. The van der Waals surface area contributed by atoms with E-state index >= 15 is 0 Å². The highest BCUT2D eigenvalue weighted by molar-refractivity contribution is 7.12. The first-order valence-corrected chi connectivity index (χ1v) is 11.5. The van der Waals surface area contributed by atoms with Crippen LogP contribution in [-0.2, 0) is 11.3 Å². The molecule has 2 amide bonds. The molecular weight excluding hydrogens is 440 g/mol. The molecule has 3 rings (SSSR count). The topological polar surface area (TPSA) is 102 Å². The second-order valence-corrected chi connectivity index (χ2v) is 8.91. The summed E-state index contributed by atoms with van der Waals surface area (Å²) in [6, 6.07) is 8.28. The van der Waals surface area contributed by atoms with E-state index in [0.29, 0.717) is 17.7 Å². The lowest BCUT2D eigenvalue weighted by Gasteiger charge is -2.10. The van der Waals surface area contributed by atoms with Gasteiger partial charge in [-0.25, -0.2) is 14.6 Å². The van der Waals surface area contributed by atoms with Crippen molar-refractivity contribution in [1.82, 2.24) is 20.2 Å². The SMILES string of the molecule is Cc1csc(-n2c(C)cc(C(=O)COC(=O)c3ccc(CNC(=O)NC(C)C)cc3)c2C)n1. The molecule has 0 spiro atoms. The average molecular weight is 469 g/mol. The molecule has 174 valence electrons. The third-order valence-corrected chi connectivity index (χ3v) is 5.87. The first-order valence-electron chi connectivity index (χ1n) is 10.6. The van der Waals surface area contributed by atoms with Crippen LogP contribution in [0.1, 0.15) is 57.2 Å². The van der Waals surface area contributed by atoms with Crippen LogP contribution in [0.3, 0.4) is 0 Å². The third kappa shape index (κ3) is 6.07. The molecule has 2 heterocycles. The minimum Gasteiger partial charge on any atom is -0.454 e. The van der Waals surface area contributed by atoms with Gasteiger partial charge >= 0.3 is 12.0 Å². The van der Waals surface area contributed by atoms with Gasteiger partial charge in [0.1, 0.15) is 0 Å². The highest BCUT2D eigenvalue weighted by Crippen LogP contribution is 2.24. The first-order chi connectivity index (χ1) is 15.7. The zero-order valence-electron chi connectivity index (χ0n) is 19.4. The molecule has 0 aliphatic carbocycles. The maximum absolute atomic E-state index is 12.7. The number of carbonyl (C=O) groups is 3. The molecule has 2 N–H and O–H groups in total. The Balaban J connectivity index is 1.57. The molecule has 9 heteroatoms. The van der Waals surface area contributed by atoms with E-state index in [2.05, 4.69) is 15.6 Å². The molecule has 3 aromatic rings. The van der Waals surface area contributed by atoms with Crippen LogP contribution in [0, 0.1) is 20.8 Å². The van der Waals surface area contributed by atoms with Crippen molar-refractivity contribution in [1.29, 1.82) is 0 Å². The number of thiazole rings is 1. The van der Waals surface area contributed by atoms with E-state index < -0.39 is 5.97 Å². The Bertz CT molecular complexity index is 1160. The molecule has 0 radical (unpaired) electrons. The number of hydrogen-bond acceptors (Lipinski definition) is 6. The van der Waals surface area contributed by atoms with E-state index in [9.17, 15) is 14.4 Å². The second kappa shape index (κ2) is 10.4. The van der Waals surface area contributed by atoms with E-state index in [1.54, 1.807) is 30.3 Å². The van der Waals surface area contributed by atoms with Crippen LogP contribution in [0.25, 0.3) is 5.13 Å². The molecule has 0 saturated heterocycles. The normalized spacial score (nSPS) is 10.8. The summed E-state index contributed by atoms with van der Waals surface area (Å²) in [4.78, 5) is 41.3. The zero-order valence-corrected chi connectivity index (χ0v) is 20.2. The standard InChI is InChI=1S/C24H28N4O4S/c1-14(2)26-23(31)25-11-18-6-8-19(9-7-18)22(30)32-12-21(29)20-10-16(4)28(17(20)5)24-27-15(3)13-33-24/h6-10,13-14H,11-12H2,1-5H3,(H2,25,26,31). The van der Waals surface area contributed by atoms with Crippen LogP contribution in [-0.4, -0.2) is 40.0 Å². The Morgan fingerprint density at radius 2 is 1.82 bits per heavy atom. The lowest BCUT2D eigenvalue weighted by atomic mass is 10.1. The Labute approximate surface area is 197 Å². The van der Waals surface area contributed by atoms with Gasteiger partial charge in [0.2, 0.25) is 5.78 Å². The number of hydrogen-bond donors (Lipinski definition) is 2. The predicted octanol–water partition coefficient (Wildman–Crippen LogP) is 4.11. The summed E-state index contributed by atoms with van der Waals surface area (Å²) in [5.41, 5.74) is 4.26. The van der Waals surface area contributed by atoms with Gasteiger partial charge in [0.25, 0.3) is 0 Å². The Morgan fingerprint density at radius 3 is 2.42 bits per heavy atom. The van der Waals surface area contributed by atoms with Crippen LogP contribution < -0.4 is 10.6 Å². The summed E-state index contributed by atoms with van der Waals surface area (Å²) >= 11 is 1.51. The number of ether oxygens (including phenoxy) is 1. The fourth-order valence-electron chi connectivity index (χ4n) is 3.33. The fraction of sp³-hybridized carbons (Fsp3) is 0.333. The number of nitrogens with zero attached hydrogens (tertiary/aromatic N) is 2. The molecule has 0 fully saturated rings. The van der Waals surface area contributed by atoms with Crippen LogP contribution in [0.5, 0.6) is 0 Å². The number of urea groups is 1. The Morgan fingerprint density at radius 1 is 1.12 bits per heavy atom. The quantitative estimate of drug-likeness (QED) is 0.383. The summed E-state index contributed by atoms with van der Waals surface area (Å²) in [6.45, 7) is 9.43. The second-order valence-electron chi connectivity index (χ2n) is 8.07. The van der Waals surface area contributed by atoms with Crippen molar-refractivity contribution in [2.24, 2.45) is 0 Å². The lowest BCUT2D eigenvalue weighted by Crippen LogP contribution is -2.39. The van der Waals surface area contributed by atoms with Crippen molar-refractivity contribution in [2.45, 2.75) is 47.2 Å². The van der Waals surface area contributed by atoms with E-state index in [4.69, 9.17) is 4.74 Å². The third-order valence-electron chi connectivity index (χ3n) is 4.93. The van der Waals surface area contributed by atoms with Crippen LogP contribution in [0.2, 0.25) is 0 Å². The smallest absolute Gasteiger partial charge is 0.338 e. The summed E-state index contributed by atoms with van der Waals surface area (Å²) in [6.07, 6.45) is 0. The monoisotopic (exact) mass is 468 g/mol. The number of Topliss-reactive ketones (excluding diaryl/α,β-unsaturated/α-hetero) is 1. The van der Waals surface area contributed by atoms with Crippen LogP contribution in [0.4, 0.5) is 4.79 Å². The van der Waals surface area contributed by atoms with Gasteiger partial charge in [-0.2, -0.15) is 0 Å². The van der Waals surface area contributed by atoms with Crippen molar-refractivity contribution in [3.63, 3.8) is 0 Å². The Kier molecular flexibility index (Phi) is 7.65. The largest absolute Gasteiger partial charge is 0.454 e. The number of aromatic nitrogens is 2. The fourth-order valence-corrected chi connectivity index (χ4v) is 4.24. The molecular formula is C24H28N4O4S. The number of aryl methyl sites for hydroxylation is 2. The summed E-state index contributed by atoms with van der Waals surface area (Å²) in [5, 5.41) is 8.25. The Hall–Kier alpha value is -3.46. The maximum atomic E-state index is 12.7. The van der Waals surface area contributed by atoms with Gasteiger partial charge in [-0.1, -0.05) is 12.1 Å². The number of benzene rings is 1. The van der Waals surface area contributed by atoms with Crippen LogP contribution in [0.15, 0.2) is 35.7 Å². The van der Waals surface area contributed by atoms with Crippen molar-refractivity contribution >= 4 is 29.1 Å². The summed E-state index contributed by atoms with van der Waals surface area (Å²) in [5.74, 6) is -0.849. The van der Waals surface area contributed by atoms with Gasteiger partial charge < -0.3 is 15.4 Å². The highest BCUT2D eigenvalue weighted by atomic mass is 32.1. The first kappa shape index (κ1) is 24.2. The van der Waals surface area contributed by atoms with E-state index in [0.717, 1.165) is 27.8 Å². The van der Waals surface area contributed by atoms with E-state index in [1.165, 1.54) is 11.3 Å². The van der Waals surface area contributed by atoms with Crippen molar-refractivity contribution in [3.05, 3.63) is 69.5 Å². The predicted molar refractivity (Wildman–Crippen MR) is 127 cm³/mol. The number of nitrogens with one attached hydrogen (secondary N) is 2. The molecule has 2 aromatic heterocycles. The number of esters is 1. The van der Waals surface area contributed by atoms with Gasteiger partial charge in [-0.3, -0.25) is 9.36 Å². The molecule has 0 bridgehead atoms. The molecule has 1 aromatic carbocycles. The van der Waals surface area contributed by atoms with Crippen molar-refractivity contribution < 1.29 is 19.1 Å². The van der Waals surface area contributed by atoms with Gasteiger partial charge in [-0.05, 0) is 58.4 Å². The zero-order chi connectivity index (χ0) is 24.1. The molecule has 33 heavy (non-hydrogen) atoms. The van der Waals surface area contributed by atoms with E-state index in [-0.39, 0.29) is 24.5 Å². The maximum Gasteiger partial charge on any atom is 0.338 e. The number of carbonyl (C=O) groups excluding carboxylic acids is 3.